The van der Waals surface area contributed by atoms with Gasteiger partial charge >= 0.3 is 5.97 Å². The maximum Gasteiger partial charge on any atom is 0.307 e. The van der Waals surface area contributed by atoms with E-state index in [-0.39, 0.29) is 30.6 Å². The van der Waals surface area contributed by atoms with E-state index in [0.29, 0.717) is 30.3 Å². The van der Waals surface area contributed by atoms with Crippen molar-refractivity contribution in [1.29, 1.82) is 0 Å². The van der Waals surface area contributed by atoms with Gasteiger partial charge in [-0.1, -0.05) is 0 Å². The zero-order chi connectivity index (χ0) is 18.5. The summed E-state index contributed by atoms with van der Waals surface area (Å²) in [7, 11) is 0. The minimum atomic E-state index is -0.851. The van der Waals surface area contributed by atoms with E-state index in [0.717, 1.165) is 19.3 Å². The van der Waals surface area contributed by atoms with Gasteiger partial charge in [-0.15, -0.1) is 0 Å². The van der Waals surface area contributed by atoms with Crippen molar-refractivity contribution in [2.75, 3.05) is 13.2 Å². The van der Waals surface area contributed by atoms with Gasteiger partial charge in [-0.2, -0.15) is 0 Å². The highest BCUT2D eigenvalue weighted by Gasteiger charge is 2.27. The number of carbonyl (C=O) groups excluding carboxylic acids is 3. The average molecular weight is 361 g/mol. The van der Waals surface area contributed by atoms with Crippen LogP contribution in [0.15, 0.2) is 18.2 Å². The highest BCUT2D eigenvalue weighted by atomic mass is 16.5. The van der Waals surface area contributed by atoms with Crippen LogP contribution in [-0.4, -0.2) is 43.0 Å². The summed E-state index contributed by atoms with van der Waals surface area (Å²) in [4.78, 5) is 36.0. The highest BCUT2D eigenvalue weighted by molar-refractivity contribution is 5.98. The third-order valence-electron chi connectivity index (χ3n) is 4.23. The van der Waals surface area contributed by atoms with Gasteiger partial charge in [-0.25, -0.2) is 0 Å². The van der Waals surface area contributed by atoms with Crippen LogP contribution in [0.3, 0.4) is 0 Å². The number of ketones is 1. The minimum Gasteiger partial charge on any atom is -0.490 e. The maximum atomic E-state index is 12.3. The van der Waals surface area contributed by atoms with Gasteiger partial charge in [0.25, 0.3) is 5.91 Å². The lowest BCUT2D eigenvalue weighted by molar-refractivity contribution is -0.154. The van der Waals surface area contributed by atoms with Crippen molar-refractivity contribution in [3.63, 3.8) is 0 Å². The Morgan fingerprint density at radius 3 is 2.62 bits per heavy atom. The number of ether oxygens (including phenoxy) is 3. The number of fused-ring (bicyclic) bond motifs is 1. The third kappa shape index (κ3) is 4.97. The monoisotopic (exact) mass is 361 g/mol. The zero-order valence-electron chi connectivity index (χ0n) is 14.8. The van der Waals surface area contributed by atoms with Crippen LogP contribution in [0.2, 0.25) is 0 Å². The first kappa shape index (κ1) is 18.2. The molecule has 1 aromatic carbocycles. The molecule has 1 saturated carbocycles. The van der Waals surface area contributed by atoms with Crippen molar-refractivity contribution in [1.82, 2.24) is 5.32 Å². The van der Waals surface area contributed by atoms with Crippen LogP contribution in [-0.2, 0) is 14.3 Å². The Hall–Kier alpha value is -2.57. The van der Waals surface area contributed by atoms with E-state index in [4.69, 9.17) is 14.2 Å². The van der Waals surface area contributed by atoms with E-state index in [1.54, 1.807) is 18.2 Å². The second kappa shape index (κ2) is 8.21. The van der Waals surface area contributed by atoms with Gasteiger partial charge in [0.1, 0.15) is 0 Å². The normalized spacial score (nSPS) is 17.0. The smallest absolute Gasteiger partial charge is 0.307 e. The first-order valence-corrected chi connectivity index (χ1v) is 8.95. The molecule has 1 aliphatic heterocycles. The van der Waals surface area contributed by atoms with Crippen LogP contribution >= 0.6 is 0 Å². The number of hydrogen-bond donors (Lipinski definition) is 1. The van der Waals surface area contributed by atoms with Gasteiger partial charge in [-0.3, -0.25) is 14.4 Å². The number of hydrogen-bond acceptors (Lipinski definition) is 6. The molecule has 1 amide bonds. The largest absolute Gasteiger partial charge is 0.490 e. The van der Waals surface area contributed by atoms with Crippen molar-refractivity contribution in [2.24, 2.45) is 0 Å². The Labute approximate surface area is 152 Å². The number of carbonyl (C=O) groups is 3. The van der Waals surface area contributed by atoms with Gasteiger partial charge in [0.05, 0.1) is 19.6 Å². The van der Waals surface area contributed by atoms with E-state index in [1.807, 2.05) is 0 Å². The summed E-state index contributed by atoms with van der Waals surface area (Å²) in [6, 6.07) is 5.22. The summed E-state index contributed by atoms with van der Waals surface area (Å²) in [5.41, 5.74) is 0.460. The van der Waals surface area contributed by atoms with Gasteiger partial charge in [0.2, 0.25) is 0 Å². The molecule has 1 N–H and O–H groups in total. The molecule has 1 atom stereocenters. The lowest BCUT2D eigenvalue weighted by Crippen LogP contribution is -2.37. The summed E-state index contributed by atoms with van der Waals surface area (Å²) in [5, 5.41) is 2.77. The Morgan fingerprint density at radius 1 is 1.15 bits per heavy atom. The number of amides is 1. The lowest BCUT2D eigenvalue weighted by Gasteiger charge is -2.13. The van der Waals surface area contributed by atoms with Crippen LogP contribution in [0.1, 0.15) is 49.4 Å². The Morgan fingerprint density at radius 2 is 1.88 bits per heavy atom. The van der Waals surface area contributed by atoms with Crippen LogP contribution in [0.4, 0.5) is 0 Å². The highest BCUT2D eigenvalue weighted by Crippen LogP contribution is 2.30. The molecular formula is C19H23NO6. The van der Waals surface area contributed by atoms with E-state index >= 15 is 0 Å². The molecular weight excluding hydrogens is 338 g/mol. The molecule has 0 unspecified atom stereocenters. The third-order valence-corrected chi connectivity index (χ3v) is 4.23. The minimum absolute atomic E-state index is 0.00937. The van der Waals surface area contributed by atoms with Gasteiger partial charge < -0.3 is 19.5 Å². The number of rotatable bonds is 7. The van der Waals surface area contributed by atoms with E-state index in [2.05, 4.69) is 5.32 Å². The quantitative estimate of drug-likeness (QED) is 0.590. The second-order valence-corrected chi connectivity index (χ2v) is 6.55. The maximum absolute atomic E-state index is 12.3. The number of esters is 1. The molecule has 0 radical (unpaired) electrons. The summed E-state index contributed by atoms with van der Waals surface area (Å²) in [5.74, 6) is 0.115. The molecule has 1 aromatic rings. The van der Waals surface area contributed by atoms with Gasteiger partial charge in [0.15, 0.2) is 23.4 Å². The van der Waals surface area contributed by atoms with Crippen molar-refractivity contribution in [2.45, 2.75) is 51.2 Å². The Bertz CT molecular complexity index is 697. The fourth-order valence-corrected chi connectivity index (χ4v) is 2.55. The summed E-state index contributed by atoms with van der Waals surface area (Å²) in [6.45, 7) is 2.65. The van der Waals surface area contributed by atoms with Crippen molar-refractivity contribution < 1.29 is 28.6 Å². The van der Waals surface area contributed by atoms with E-state index in [1.165, 1.54) is 6.92 Å². The molecule has 7 nitrogen and oxygen atoms in total. The molecule has 3 rings (SSSR count). The van der Waals surface area contributed by atoms with Gasteiger partial charge in [0, 0.05) is 24.4 Å². The molecule has 1 aliphatic carbocycles. The summed E-state index contributed by atoms with van der Waals surface area (Å²) >= 11 is 0. The van der Waals surface area contributed by atoms with Crippen molar-refractivity contribution in [3.05, 3.63) is 23.8 Å². The van der Waals surface area contributed by atoms with E-state index in [9.17, 15) is 14.4 Å². The topological polar surface area (TPSA) is 90.9 Å². The average Bonchev–Trinajstić information content (AvgIpc) is 3.45. The fourth-order valence-electron chi connectivity index (χ4n) is 2.55. The predicted molar refractivity (Wildman–Crippen MR) is 92.3 cm³/mol. The second-order valence-electron chi connectivity index (χ2n) is 6.55. The Balaban J connectivity index is 1.47. The SMILES string of the molecule is C[C@@H](OC(=O)CCC(=O)c1ccc2c(c1)OCCCO2)C(=O)NC1CC1. The number of nitrogens with one attached hydrogen (secondary N) is 1. The van der Waals surface area contributed by atoms with Crippen molar-refractivity contribution in [3.8, 4) is 11.5 Å². The van der Waals surface area contributed by atoms with E-state index < -0.39 is 12.1 Å². The van der Waals surface area contributed by atoms with Crippen molar-refractivity contribution >= 4 is 17.7 Å². The molecule has 1 heterocycles. The molecule has 26 heavy (non-hydrogen) atoms. The molecule has 2 aliphatic rings. The van der Waals surface area contributed by atoms with Crippen LogP contribution in [0.5, 0.6) is 11.5 Å². The van der Waals surface area contributed by atoms with Crippen LogP contribution < -0.4 is 14.8 Å². The predicted octanol–water partition coefficient (Wildman–Crippen LogP) is 2.02. The number of benzene rings is 1. The molecule has 0 spiro atoms. The number of Topliss-reactive ketones (excluding diaryl/α,β-unsaturated/α-hetero) is 1. The standard InChI is InChI=1S/C19H23NO6/c1-12(19(23)20-14-4-5-14)26-18(22)8-6-15(21)13-3-7-16-17(11-13)25-10-2-9-24-16/h3,7,11-12,14H,2,4-6,8-10H2,1H3,(H,20,23)/t12-/m1/s1. The fraction of sp³-hybridized carbons (Fsp3) is 0.526. The lowest BCUT2D eigenvalue weighted by atomic mass is 10.1. The first-order valence-electron chi connectivity index (χ1n) is 8.95. The van der Waals surface area contributed by atoms with Crippen LogP contribution in [0, 0.1) is 0 Å². The summed E-state index contributed by atoms with van der Waals surface area (Å²) in [6.07, 6.45) is 1.81. The first-order chi connectivity index (χ1) is 12.5. The molecule has 0 bridgehead atoms. The Kier molecular flexibility index (Phi) is 5.75. The molecule has 7 heteroatoms. The molecule has 1 fully saturated rings. The zero-order valence-corrected chi connectivity index (χ0v) is 14.8. The summed E-state index contributed by atoms with van der Waals surface area (Å²) < 4.78 is 16.2. The molecule has 140 valence electrons. The molecule has 0 saturated heterocycles. The van der Waals surface area contributed by atoms with Crippen LogP contribution in [0.25, 0.3) is 0 Å². The van der Waals surface area contributed by atoms with Gasteiger partial charge in [-0.05, 0) is 38.0 Å². The molecule has 0 aromatic heterocycles.